The van der Waals surface area contributed by atoms with E-state index in [9.17, 15) is 27.6 Å². The van der Waals surface area contributed by atoms with Crippen molar-refractivity contribution >= 4 is 68.2 Å². The van der Waals surface area contributed by atoms with Gasteiger partial charge in [-0.05, 0) is 122 Å². The number of carbonyl (C=O) groups is 4. The van der Waals surface area contributed by atoms with Crippen LogP contribution in [0.25, 0.3) is 0 Å². The lowest BCUT2D eigenvalue weighted by atomic mass is 10.1. The molecule has 14 nitrogen and oxygen atoms in total. The smallest absolute Gasteiger partial charge is 0.410 e. The molecule has 0 saturated heterocycles. The summed E-state index contributed by atoms with van der Waals surface area (Å²) in [4.78, 5) is 52.8. The topological polar surface area (TPSA) is 203 Å². The molecule has 0 saturated carbocycles. The molecular weight excluding hydrogens is 749 g/mol. The number of anilines is 6. The lowest BCUT2D eigenvalue weighted by molar-refractivity contribution is 0.214. The first-order chi connectivity index (χ1) is 27.3. The zero-order valence-electron chi connectivity index (χ0n) is 30.6. The maximum absolute atomic E-state index is 13.8. The van der Waals surface area contributed by atoms with Gasteiger partial charge in [-0.3, -0.25) is 20.4 Å². The zero-order valence-corrected chi connectivity index (χ0v) is 31.4. The zero-order chi connectivity index (χ0) is 40.7. The van der Waals surface area contributed by atoms with Crippen molar-refractivity contribution in [2.75, 3.05) is 20.4 Å². The van der Waals surface area contributed by atoms with Crippen molar-refractivity contribution in [2.24, 2.45) is 11.5 Å². The molecule has 0 fully saturated rings. The minimum atomic E-state index is -4.09. The van der Waals surface area contributed by atoms with Gasteiger partial charge in [0.25, 0.3) is 0 Å². The van der Waals surface area contributed by atoms with Gasteiger partial charge in [-0.25, -0.2) is 27.6 Å². The Kier molecular flexibility index (Phi) is 11.5. The Labute approximate surface area is 328 Å². The quantitative estimate of drug-likeness (QED) is 0.105. The number of para-hydroxylation sites is 2. The molecule has 0 aliphatic carbocycles. The van der Waals surface area contributed by atoms with Gasteiger partial charge in [0.15, 0.2) is 0 Å². The SMILES string of the molecule is Cc1ccc(NC(=O)Oc2ccccc2)cc1N(C(N)=O)c1ccc(S(=O)(=O)c2ccc(N(C(N)=O)c3cc(NC(=O)Oc4ccccc4)ccc3C)cc2)cc1. The number of hydrogen-bond acceptors (Lipinski definition) is 8. The average molecular weight is 785 g/mol. The summed E-state index contributed by atoms with van der Waals surface area (Å²) in [6.45, 7) is 3.49. The average Bonchev–Trinajstić information content (AvgIpc) is 3.18. The fourth-order valence-corrected chi connectivity index (χ4v) is 7.05. The summed E-state index contributed by atoms with van der Waals surface area (Å²) in [5.74, 6) is 0.685. The number of nitrogens with two attached hydrogens (primary N) is 2. The Morgan fingerprint density at radius 1 is 0.509 bits per heavy atom. The summed E-state index contributed by atoms with van der Waals surface area (Å²) in [7, 11) is -4.09. The molecule has 0 unspecified atom stereocenters. The minimum absolute atomic E-state index is 0.0806. The standard InChI is InChI=1S/C42H36N6O8S/c1-27-13-15-29(45-41(51)55-33-9-5-3-6-10-33)25-37(27)47(39(43)49)31-17-21-35(22-18-31)57(53,54)36-23-19-32(20-24-36)48(40(44)50)38-26-30(16-14-28(38)2)46-42(52)56-34-11-7-4-8-12-34/h3-26H,1-2H3,(H2,43,49)(H2,44,50)(H,45,51)(H,46,52). The Balaban J connectivity index is 1.20. The van der Waals surface area contributed by atoms with Crippen molar-refractivity contribution in [2.45, 2.75) is 23.6 Å². The lowest BCUT2D eigenvalue weighted by Gasteiger charge is -2.24. The van der Waals surface area contributed by atoms with Gasteiger partial charge in [0.2, 0.25) is 9.84 Å². The largest absolute Gasteiger partial charge is 0.417 e. The number of benzene rings is 6. The molecular formula is C42H36N6O8S. The Hall–Kier alpha value is -7.65. The number of ether oxygens (including phenoxy) is 2. The van der Waals surface area contributed by atoms with Crippen LogP contribution in [0.5, 0.6) is 11.5 Å². The number of primary amides is 2. The molecule has 6 aromatic carbocycles. The third-order valence-electron chi connectivity index (χ3n) is 8.55. The fraction of sp³-hybridized carbons (Fsp3) is 0.0476. The van der Waals surface area contributed by atoms with Crippen LogP contribution < -0.4 is 41.4 Å². The van der Waals surface area contributed by atoms with E-state index in [1.807, 2.05) is 0 Å². The summed E-state index contributed by atoms with van der Waals surface area (Å²) in [6, 6.07) is 36.1. The second-order valence-electron chi connectivity index (χ2n) is 12.5. The molecule has 6 N–H and O–H groups in total. The molecule has 0 aromatic heterocycles. The molecule has 0 aliphatic heterocycles. The maximum atomic E-state index is 13.8. The predicted octanol–water partition coefficient (Wildman–Crippen LogP) is 8.79. The van der Waals surface area contributed by atoms with Crippen LogP contribution in [0.4, 0.5) is 53.3 Å². The summed E-state index contributed by atoms with van der Waals surface area (Å²) >= 11 is 0. The van der Waals surface area contributed by atoms with Gasteiger partial charge >= 0.3 is 24.2 Å². The fourth-order valence-electron chi connectivity index (χ4n) is 5.79. The van der Waals surface area contributed by atoms with Crippen LogP contribution in [-0.4, -0.2) is 32.7 Å². The Morgan fingerprint density at radius 3 is 1.19 bits per heavy atom. The highest BCUT2D eigenvalue weighted by atomic mass is 32.2. The number of nitrogens with one attached hydrogen (secondary N) is 2. The first-order valence-electron chi connectivity index (χ1n) is 17.2. The molecule has 0 aliphatic rings. The molecule has 0 atom stereocenters. The van der Waals surface area contributed by atoms with Gasteiger partial charge in [-0.1, -0.05) is 48.5 Å². The normalized spacial score (nSPS) is 10.8. The van der Waals surface area contributed by atoms with E-state index in [-0.39, 0.29) is 21.2 Å². The van der Waals surface area contributed by atoms with Crippen molar-refractivity contribution in [3.63, 3.8) is 0 Å². The molecule has 0 heterocycles. The highest BCUT2D eigenvalue weighted by Gasteiger charge is 2.24. The summed E-state index contributed by atoms with van der Waals surface area (Å²) in [5, 5.41) is 5.26. The van der Waals surface area contributed by atoms with Gasteiger partial charge in [0, 0.05) is 11.4 Å². The summed E-state index contributed by atoms with van der Waals surface area (Å²) in [6.07, 6.45) is -1.49. The van der Waals surface area contributed by atoms with E-state index in [1.54, 1.807) is 111 Å². The van der Waals surface area contributed by atoms with Crippen molar-refractivity contribution in [1.29, 1.82) is 0 Å². The molecule has 0 bridgehead atoms. The van der Waals surface area contributed by atoms with Crippen LogP contribution in [0.15, 0.2) is 155 Å². The molecule has 57 heavy (non-hydrogen) atoms. The van der Waals surface area contributed by atoms with E-state index < -0.39 is 34.1 Å². The number of nitrogens with zero attached hydrogens (tertiary/aromatic N) is 2. The number of sulfone groups is 1. The number of amides is 6. The molecule has 288 valence electrons. The van der Waals surface area contributed by atoms with Gasteiger partial charge < -0.3 is 20.9 Å². The van der Waals surface area contributed by atoms with Crippen LogP contribution in [0.3, 0.4) is 0 Å². The first-order valence-corrected chi connectivity index (χ1v) is 18.7. The van der Waals surface area contributed by atoms with Gasteiger partial charge in [-0.15, -0.1) is 0 Å². The van der Waals surface area contributed by atoms with E-state index in [1.165, 1.54) is 58.3 Å². The Bertz CT molecular complexity index is 2380. The lowest BCUT2D eigenvalue weighted by Crippen LogP contribution is -2.32. The Morgan fingerprint density at radius 2 is 0.860 bits per heavy atom. The third kappa shape index (κ3) is 9.18. The van der Waals surface area contributed by atoms with Crippen molar-refractivity contribution in [3.8, 4) is 11.5 Å². The number of hydrogen-bond donors (Lipinski definition) is 4. The van der Waals surface area contributed by atoms with Crippen LogP contribution in [0, 0.1) is 13.8 Å². The van der Waals surface area contributed by atoms with Crippen molar-refractivity contribution in [1.82, 2.24) is 0 Å². The van der Waals surface area contributed by atoms with Crippen molar-refractivity contribution < 1.29 is 37.1 Å². The van der Waals surface area contributed by atoms with Crippen LogP contribution in [0.1, 0.15) is 11.1 Å². The molecule has 15 heteroatoms. The summed E-state index contributed by atoms with van der Waals surface area (Å²) < 4.78 is 38.1. The molecule has 6 amide bonds. The number of rotatable bonds is 10. The third-order valence-corrected chi connectivity index (χ3v) is 10.3. The van der Waals surface area contributed by atoms with Crippen molar-refractivity contribution in [3.05, 3.63) is 157 Å². The predicted molar refractivity (Wildman–Crippen MR) is 216 cm³/mol. The van der Waals surface area contributed by atoms with Crippen LogP contribution in [-0.2, 0) is 9.84 Å². The number of aryl methyl sites for hydroxylation is 2. The highest BCUT2D eigenvalue weighted by Crippen LogP contribution is 2.35. The van der Waals surface area contributed by atoms with E-state index >= 15 is 0 Å². The number of urea groups is 2. The van der Waals surface area contributed by atoms with E-state index in [0.29, 0.717) is 45.4 Å². The molecule has 6 aromatic rings. The van der Waals surface area contributed by atoms with Gasteiger partial charge in [-0.2, -0.15) is 0 Å². The number of carbonyl (C=O) groups excluding carboxylic acids is 4. The molecule has 0 spiro atoms. The van der Waals surface area contributed by atoms with E-state index in [0.717, 1.165) is 0 Å². The monoisotopic (exact) mass is 784 g/mol. The maximum Gasteiger partial charge on any atom is 0.417 e. The van der Waals surface area contributed by atoms with E-state index in [4.69, 9.17) is 20.9 Å². The minimum Gasteiger partial charge on any atom is -0.410 e. The summed E-state index contributed by atoms with van der Waals surface area (Å²) in [5.41, 5.74) is 14.7. The molecule has 0 radical (unpaired) electrons. The van der Waals surface area contributed by atoms with Gasteiger partial charge in [0.05, 0.1) is 32.5 Å². The van der Waals surface area contributed by atoms with E-state index in [2.05, 4.69) is 10.6 Å². The van der Waals surface area contributed by atoms with Crippen LogP contribution in [0.2, 0.25) is 0 Å². The highest BCUT2D eigenvalue weighted by molar-refractivity contribution is 7.91. The second kappa shape index (κ2) is 16.8. The van der Waals surface area contributed by atoms with Gasteiger partial charge in [0.1, 0.15) is 11.5 Å². The molecule has 6 rings (SSSR count). The first kappa shape index (κ1) is 39.1. The van der Waals surface area contributed by atoms with Crippen LogP contribution >= 0.6 is 0 Å². The second-order valence-corrected chi connectivity index (χ2v) is 14.4.